The Labute approximate surface area is 137 Å². The Bertz CT molecular complexity index is 607. The first kappa shape index (κ1) is 17.9. The summed E-state index contributed by atoms with van der Waals surface area (Å²) in [5, 5.41) is 0.945. The fourth-order valence-corrected chi connectivity index (χ4v) is 1.56. The standard InChI is InChI=1S/2C7H6ClNO2/c2*1-11-7(10)6-4-5(8)2-3-9-6/h2*2-4H,1H3. The van der Waals surface area contributed by atoms with Crippen molar-refractivity contribution >= 4 is 35.1 Å². The molecular formula is C14H12Cl2N2O4. The van der Waals surface area contributed by atoms with E-state index in [0.29, 0.717) is 10.0 Å². The summed E-state index contributed by atoms with van der Waals surface area (Å²) in [4.78, 5) is 29.1. The third-order valence-electron chi connectivity index (χ3n) is 2.23. The molecule has 2 heterocycles. The van der Waals surface area contributed by atoms with Crippen molar-refractivity contribution in [3.63, 3.8) is 0 Å². The van der Waals surface area contributed by atoms with E-state index in [0.717, 1.165) is 0 Å². The monoisotopic (exact) mass is 342 g/mol. The van der Waals surface area contributed by atoms with E-state index in [1.807, 2.05) is 0 Å². The van der Waals surface area contributed by atoms with E-state index in [1.54, 1.807) is 12.1 Å². The molecule has 0 bridgehead atoms. The SMILES string of the molecule is COC(=O)c1cc(Cl)ccn1.COC(=O)c1cc(Cl)ccn1. The number of pyridine rings is 2. The van der Waals surface area contributed by atoms with E-state index in [1.165, 1.54) is 38.7 Å². The fraction of sp³-hybridized carbons (Fsp3) is 0.143. The third-order valence-corrected chi connectivity index (χ3v) is 2.70. The number of ether oxygens (including phenoxy) is 2. The number of hydrogen-bond donors (Lipinski definition) is 0. The van der Waals surface area contributed by atoms with Crippen molar-refractivity contribution in [1.29, 1.82) is 0 Å². The van der Waals surface area contributed by atoms with Gasteiger partial charge in [-0.15, -0.1) is 0 Å². The van der Waals surface area contributed by atoms with Crippen molar-refractivity contribution < 1.29 is 19.1 Å². The van der Waals surface area contributed by atoms with Crippen molar-refractivity contribution in [2.75, 3.05) is 14.2 Å². The van der Waals surface area contributed by atoms with Crippen LogP contribution in [0.3, 0.4) is 0 Å². The van der Waals surface area contributed by atoms with Crippen LogP contribution >= 0.6 is 23.2 Å². The number of methoxy groups -OCH3 is 2. The molecule has 8 heteroatoms. The lowest BCUT2D eigenvalue weighted by Gasteiger charge is -1.96. The van der Waals surface area contributed by atoms with E-state index in [9.17, 15) is 9.59 Å². The molecule has 0 amide bonds. The second-order valence-electron chi connectivity index (χ2n) is 3.70. The average molecular weight is 343 g/mol. The summed E-state index contributed by atoms with van der Waals surface area (Å²) >= 11 is 11.2. The lowest BCUT2D eigenvalue weighted by molar-refractivity contribution is 0.0585. The van der Waals surface area contributed by atoms with Gasteiger partial charge in [-0.1, -0.05) is 23.2 Å². The normalized spacial score (nSPS) is 9.27. The van der Waals surface area contributed by atoms with Crippen LogP contribution in [0.1, 0.15) is 21.0 Å². The molecule has 0 N–H and O–H groups in total. The summed E-state index contributed by atoms with van der Waals surface area (Å²) in [6, 6.07) is 6.09. The average Bonchev–Trinajstić information content (AvgIpc) is 2.54. The van der Waals surface area contributed by atoms with E-state index in [4.69, 9.17) is 23.2 Å². The van der Waals surface area contributed by atoms with E-state index >= 15 is 0 Å². The maximum atomic E-state index is 10.8. The molecule has 116 valence electrons. The van der Waals surface area contributed by atoms with Gasteiger partial charge in [-0.2, -0.15) is 0 Å². The molecule has 0 saturated carbocycles. The molecule has 2 aromatic heterocycles. The molecule has 0 aliphatic rings. The Kier molecular flexibility index (Phi) is 7.28. The number of carbonyl (C=O) groups excluding carboxylic acids is 2. The number of hydrogen-bond acceptors (Lipinski definition) is 6. The van der Waals surface area contributed by atoms with Gasteiger partial charge in [0.05, 0.1) is 14.2 Å². The molecule has 6 nitrogen and oxygen atoms in total. The van der Waals surface area contributed by atoms with Crippen LogP contribution in [0, 0.1) is 0 Å². The lowest BCUT2D eigenvalue weighted by atomic mass is 10.3. The zero-order valence-corrected chi connectivity index (χ0v) is 13.3. The Morgan fingerprint density at radius 2 is 1.23 bits per heavy atom. The van der Waals surface area contributed by atoms with E-state index in [-0.39, 0.29) is 11.4 Å². The largest absolute Gasteiger partial charge is 0.464 e. The highest BCUT2D eigenvalue weighted by Crippen LogP contribution is 2.08. The minimum absolute atomic E-state index is 0.222. The number of aromatic nitrogens is 2. The van der Waals surface area contributed by atoms with Gasteiger partial charge in [0.2, 0.25) is 0 Å². The molecule has 22 heavy (non-hydrogen) atoms. The summed E-state index contributed by atoms with van der Waals surface area (Å²) in [7, 11) is 2.59. The van der Waals surface area contributed by atoms with Gasteiger partial charge in [-0.3, -0.25) is 0 Å². The summed E-state index contributed by atoms with van der Waals surface area (Å²) in [6.45, 7) is 0. The molecule has 0 aliphatic carbocycles. The Morgan fingerprint density at radius 3 is 1.50 bits per heavy atom. The van der Waals surface area contributed by atoms with Gasteiger partial charge >= 0.3 is 11.9 Å². The molecule has 0 unspecified atom stereocenters. The lowest BCUT2D eigenvalue weighted by Crippen LogP contribution is -2.03. The predicted molar refractivity (Wildman–Crippen MR) is 81.2 cm³/mol. The molecule has 0 fully saturated rings. The van der Waals surface area contributed by atoms with Crippen molar-refractivity contribution in [2.24, 2.45) is 0 Å². The van der Waals surface area contributed by atoms with E-state index in [2.05, 4.69) is 19.4 Å². The Hall–Kier alpha value is -2.18. The molecule has 0 spiro atoms. The van der Waals surface area contributed by atoms with Crippen LogP contribution in [0.2, 0.25) is 10.0 Å². The number of halogens is 2. The highest BCUT2D eigenvalue weighted by molar-refractivity contribution is 6.31. The maximum absolute atomic E-state index is 10.8. The van der Waals surface area contributed by atoms with E-state index < -0.39 is 11.9 Å². The van der Waals surface area contributed by atoms with Gasteiger partial charge in [-0.25, -0.2) is 19.6 Å². The first-order valence-electron chi connectivity index (χ1n) is 5.87. The second-order valence-corrected chi connectivity index (χ2v) is 4.57. The van der Waals surface area contributed by atoms with Crippen LogP contribution in [0.5, 0.6) is 0 Å². The number of esters is 2. The van der Waals surface area contributed by atoms with Gasteiger partial charge in [-0.05, 0) is 24.3 Å². The van der Waals surface area contributed by atoms with Crippen LogP contribution < -0.4 is 0 Å². The number of rotatable bonds is 2. The topological polar surface area (TPSA) is 78.4 Å². The minimum atomic E-state index is -0.479. The zero-order chi connectivity index (χ0) is 16.5. The van der Waals surface area contributed by atoms with Crippen molar-refractivity contribution in [1.82, 2.24) is 9.97 Å². The fourth-order valence-electron chi connectivity index (χ4n) is 1.24. The van der Waals surface area contributed by atoms with Crippen molar-refractivity contribution in [3.8, 4) is 0 Å². The van der Waals surface area contributed by atoms with Gasteiger partial charge in [0.25, 0.3) is 0 Å². The molecule has 2 aromatic rings. The summed E-state index contributed by atoms with van der Waals surface area (Å²) < 4.78 is 8.86. The smallest absolute Gasteiger partial charge is 0.356 e. The highest BCUT2D eigenvalue weighted by atomic mass is 35.5. The summed E-state index contributed by atoms with van der Waals surface area (Å²) in [5.41, 5.74) is 0.444. The summed E-state index contributed by atoms with van der Waals surface area (Å²) in [5.74, 6) is -0.958. The van der Waals surface area contributed by atoms with Crippen molar-refractivity contribution in [3.05, 3.63) is 58.1 Å². The molecule has 0 aliphatic heterocycles. The van der Waals surface area contributed by atoms with Crippen LogP contribution in [0.25, 0.3) is 0 Å². The minimum Gasteiger partial charge on any atom is -0.464 e. The van der Waals surface area contributed by atoms with Gasteiger partial charge in [0.1, 0.15) is 11.4 Å². The Balaban J connectivity index is 0.000000220. The molecule has 0 saturated heterocycles. The van der Waals surface area contributed by atoms with Crippen LogP contribution in [0.15, 0.2) is 36.7 Å². The predicted octanol–water partition coefficient (Wildman–Crippen LogP) is 3.04. The van der Waals surface area contributed by atoms with Crippen LogP contribution in [0.4, 0.5) is 0 Å². The molecule has 2 rings (SSSR count). The van der Waals surface area contributed by atoms with Crippen LogP contribution in [-0.2, 0) is 9.47 Å². The Morgan fingerprint density at radius 1 is 0.864 bits per heavy atom. The molecule has 0 atom stereocenters. The van der Waals surface area contributed by atoms with Gasteiger partial charge < -0.3 is 9.47 Å². The molecule has 0 radical (unpaired) electrons. The maximum Gasteiger partial charge on any atom is 0.356 e. The molecular weight excluding hydrogens is 331 g/mol. The first-order chi connectivity index (χ1) is 10.5. The first-order valence-corrected chi connectivity index (χ1v) is 6.63. The molecule has 0 aromatic carbocycles. The zero-order valence-electron chi connectivity index (χ0n) is 11.7. The van der Waals surface area contributed by atoms with Gasteiger partial charge in [0, 0.05) is 22.4 Å². The quantitative estimate of drug-likeness (QED) is 0.780. The van der Waals surface area contributed by atoms with Gasteiger partial charge in [0.15, 0.2) is 0 Å². The third kappa shape index (κ3) is 5.67. The second kappa shape index (κ2) is 8.96. The number of nitrogens with zero attached hydrogens (tertiary/aromatic N) is 2. The highest BCUT2D eigenvalue weighted by Gasteiger charge is 2.06. The summed E-state index contributed by atoms with van der Waals surface area (Å²) in [6.07, 6.45) is 2.91. The van der Waals surface area contributed by atoms with Crippen LogP contribution in [-0.4, -0.2) is 36.1 Å². The number of carbonyl (C=O) groups is 2. The van der Waals surface area contributed by atoms with Crippen molar-refractivity contribution in [2.45, 2.75) is 0 Å².